The molecule has 1 saturated heterocycles. The smallest absolute Gasteiger partial charge is 0.339 e. The summed E-state index contributed by atoms with van der Waals surface area (Å²) in [6.07, 6.45) is 5.53. The number of hydrogen-bond donors (Lipinski definition) is 2. The van der Waals surface area contributed by atoms with Crippen LogP contribution in [-0.4, -0.2) is 37.6 Å². The van der Waals surface area contributed by atoms with Gasteiger partial charge in [-0.25, -0.2) is 18.2 Å². The molecule has 1 aliphatic heterocycles. The van der Waals surface area contributed by atoms with E-state index in [1.165, 1.54) is 24.4 Å². The molecular weight excluding hydrogens is 398 g/mol. The fraction of sp³-hybridized carbons (Fsp3) is 0.375. The van der Waals surface area contributed by atoms with Crippen molar-refractivity contribution in [1.82, 2.24) is 4.98 Å². The lowest BCUT2D eigenvalue weighted by Gasteiger charge is -2.23. The number of aromatic nitrogens is 1. The molecule has 3 rings (SSSR count). The molecule has 1 aliphatic rings. The summed E-state index contributed by atoms with van der Waals surface area (Å²) in [5.41, 5.74) is 0.0850. The fourth-order valence-corrected chi connectivity index (χ4v) is 5.37. The van der Waals surface area contributed by atoms with Gasteiger partial charge in [0.05, 0.1) is 16.2 Å². The van der Waals surface area contributed by atoms with Gasteiger partial charge in [-0.15, -0.1) is 11.3 Å². The first-order valence-electron chi connectivity index (χ1n) is 8.13. The molecule has 26 heavy (non-hydrogen) atoms. The number of nitrogens with one attached hydrogen (secondary N) is 1. The van der Waals surface area contributed by atoms with Gasteiger partial charge in [0.15, 0.2) is 0 Å². The van der Waals surface area contributed by atoms with Crippen molar-refractivity contribution >= 4 is 50.4 Å². The maximum Gasteiger partial charge on any atom is 0.339 e. The van der Waals surface area contributed by atoms with Gasteiger partial charge >= 0.3 is 5.97 Å². The van der Waals surface area contributed by atoms with Crippen LogP contribution >= 0.6 is 22.9 Å². The minimum atomic E-state index is -3.84. The van der Waals surface area contributed by atoms with Crippen LogP contribution < -0.4 is 9.62 Å². The first kappa shape index (κ1) is 18.9. The molecule has 0 aromatic carbocycles. The van der Waals surface area contributed by atoms with Crippen molar-refractivity contribution in [2.75, 3.05) is 22.7 Å². The highest BCUT2D eigenvalue weighted by atomic mass is 35.5. The number of anilines is 2. The Bertz CT molecular complexity index is 906. The molecule has 2 N–H and O–H groups in total. The molecule has 140 valence electrons. The summed E-state index contributed by atoms with van der Waals surface area (Å²) < 4.78 is 27.5. The molecule has 3 heterocycles. The topological polar surface area (TPSA) is 99.6 Å². The summed E-state index contributed by atoms with van der Waals surface area (Å²) in [6, 6.07) is 4.19. The molecule has 10 heteroatoms. The van der Waals surface area contributed by atoms with E-state index in [1.807, 2.05) is 4.90 Å². The van der Waals surface area contributed by atoms with Gasteiger partial charge < -0.3 is 10.0 Å². The predicted octanol–water partition coefficient (Wildman–Crippen LogP) is 3.68. The van der Waals surface area contributed by atoms with Crippen LogP contribution in [0.15, 0.2) is 28.6 Å². The number of halogens is 1. The van der Waals surface area contributed by atoms with Crippen LogP contribution in [0.4, 0.5) is 11.5 Å². The van der Waals surface area contributed by atoms with Gasteiger partial charge in [-0.3, -0.25) is 4.72 Å². The molecule has 0 atom stereocenters. The van der Waals surface area contributed by atoms with E-state index in [0.29, 0.717) is 10.2 Å². The van der Waals surface area contributed by atoms with E-state index in [1.54, 1.807) is 0 Å². The molecule has 0 unspecified atom stereocenters. The van der Waals surface area contributed by atoms with Gasteiger partial charge in [-0.1, -0.05) is 24.4 Å². The zero-order valence-corrected chi connectivity index (χ0v) is 16.2. The largest absolute Gasteiger partial charge is 0.478 e. The molecule has 0 saturated carbocycles. The molecule has 0 radical (unpaired) electrons. The fourth-order valence-electron chi connectivity index (χ4n) is 2.85. The lowest BCUT2D eigenvalue weighted by Crippen LogP contribution is -2.27. The Labute approximate surface area is 160 Å². The Hall–Kier alpha value is -1.84. The first-order valence-corrected chi connectivity index (χ1v) is 10.8. The van der Waals surface area contributed by atoms with Crippen LogP contribution in [0.25, 0.3) is 0 Å². The lowest BCUT2D eigenvalue weighted by atomic mass is 10.2. The number of pyridine rings is 1. The summed E-state index contributed by atoms with van der Waals surface area (Å²) in [5, 5.41) is 9.55. The number of thiophene rings is 1. The molecule has 2 aromatic heterocycles. The van der Waals surface area contributed by atoms with Gasteiger partial charge in [0.25, 0.3) is 10.0 Å². The van der Waals surface area contributed by atoms with E-state index in [9.17, 15) is 18.3 Å². The second kappa shape index (κ2) is 7.81. The van der Waals surface area contributed by atoms with E-state index in [4.69, 9.17) is 11.6 Å². The monoisotopic (exact) mass is 415 g/mol. The number of rotatable bonds is 5. The highest BCUT2D eigenvalue weighted by Crippen LogP contribution is 2.29. The summed E-state index contributed by atoms with van der Waals surface area (Å²) in [6.45, 7) is 1.48. The molecule has 2 aromatic rings. The maximum absolute atomic E-state index is 12.4. The van der Waals surface area contributed by atoms with E-state index < -0.39 is 16.0 Å². The van der Waals surface area contributed by atoms with Crippen molar-refractivity contribution in [3.05, 3.63) is 34.3 Å². The Balaban J connectivity index is 1.90. The third-order valence-corrected chi connectivity index (χ3v) is 7.17. The predicted molar refractivity (Wildman–Crippen MR) is 102 cm³/mol. The Morgan fingerprint density at radius 1 is 1.23 bits per heavy atom. The van der Waals surface area contributed by atoms with Crippen molar-refractivity contribution in [3.8, 4) is 0 Å². The number of carboxylic acids is 1. The third kappa shape index (κ3) is 4.28. The Kier molecular flexibility index (Phi) is 5.69. The van der Waals surface area contributed by atoms with Crippen molar-refractivity contribution in [3.63, 3.8) is 0 Å². The minimum Gasteiger partial charge on any atom is -0.478 e. The summed E-state index contributed by atoms with van der Waals surface area (Å²) >= 11 is 6.71. The lowest BCUT2D eigenvalue weighted by molar-refractivity contribution is 0.0697. The highest BCUT2D eigenvalue weighted by molar-refractivity contribution is 7.94. The minimum absolute atomic E-state index is 0.0173. The number of sulfonamides is 1. The number of carbonyl (C=O) groups is 1. The number of nitrogens with zero attached hydrogens (tertiary/aromatic N) is 2. The van der Waals surface area contributed by atoms with Crippen LogP contribution in [0.1, 0.15) is 36.0 Å². The van der Waals surface area contributed by atoms with E-state index in [-0.39, 0.29) is 15.5 Å². The molecule has 0 spiro atoms. The van der Waals surface area contributed by atoms with E-state index in [2.05, 4.69) is 9.71 Å². The third-order valence-electron chi connectivity index (χ3n) is 4.07. The zero-order chi connectivity index (χ0) is 18.7. The second-order valence-electron chi connectivity index (χ2n) is 5.97. The van der Waals surface area contributed by atoms with Crippen LogP contribution in [0.2, 0.25) is 4.34 Å². The average Bonchev–Trinajstić information content (AvgIpc) is 2.87. The van der Waals surface area contributed by atoms with Crippen molar-refractivity contribution in [2.45, 2.75) is 29.9 Å². The Morgan fingerprint density at radius 3 is 2.50 bits per heavy atom. The summed E-state index contributed by atoms with van der Waals surface area (Å²) in [5.74, 6) is -0.765. The van der Waals surface area contributed by atoms with E-state index in [0.717, 1.165) is 50.1 Å². The molecule has 1 fully saturated rings. The van der Waals surface area contributed by atoms with Crippen LogP contribution in [0.3, 0.4) is 0 Å². The van der Waals surface area contributed by atoms with Crippen molar-refractivity contribution in [2.24, 2.45) is 0 Å². The SMILES string of the molecule is O=C(O)c1cc(NS(=O)(=O)c2ccc(Cl)s2)cnc1N1CCCCCC1. The molecule has 0 aliphatic carbocycles. The second-order valence-corrected chi connectivity index (χ2v) is 9.59. The summed E-state index contributed by atoms with van der Waals surface area (Å²) in [4.78, 5) is 17.9. The number of carboxylic acid groups (broad SMARTS) is 1. The summed E-state index contributed by atoms with van der Waals surface area (Å²) in [7, 11) is -3.84. The normalized spacial score (nSPS) is 15.5. The number of hydrogen-bond acceptors (Lipinski definition) is 6. The van der Waals surface area contributed by atoms with Gasteiger partial charge in [0.1, 0.15) is 15.6 Å². The van der Waals surface area contributed by atoms with Crippen molar-refractivity contribution in [1.29, 1.82) is 0 Å². The Morgan fingerprint density at radius 2 is 1.92 bits per heavy atom. The molecule has 7 nitrogen and oxygen atoms in total. The van der Waals surface area contributed by atoms with Gasteiger partial charge in [-0.05, 0) is 31.0 Å². The van der Waals surface area contributed by atoms with Gasteiger partial charge in [0, 0.05) is 13.1 Å². The maximum atomic E-state index is 12.4. The first-order chi connectivity index (χ1) is 12.4. The molecule has 0 bridgehead atoms. The molecule has 0 amide bonds. The van der Waals surface area contributed by atoms with E-state index >= 15 is 0 Å². The van der Waals surface area contributed by atoms with Crippen LogP contribution in [0.5, 0.6) is 0 Å². The van der Waals surface area contributed by atoms with Gasteiger partial charge in [-0.2, -0.15) is 0 Å². The van der Waals surface area contributed by atoms with Gasteiger partial charge in [0.2, 0.25) is 0 Å². The number of aromatic carboxylic acids is 1. The zero-order valence-electron chi connectivity index (χ0n) is 13.8. The van der Waals surface area contributed by atoms with Crippen molar-refractivity contribution < 1.29 is 18.3 Å². The average molecular weight is 416 g/mol. The highest BCUT2D eigenvalue weighted by Gasteiger charge is 2.22. The van der Waals surface area contributed by atoms with Crippen LogP contribution in [0, 0.1) is 0 Å². The van der Waals surface area contributed by atoms with Crippen LogP contribution in [-0.2, 0) is 10.0 Å². The molecular formula is C16H18ClN3O4S2. The quantitative estimate of drug-likeness (QED) is 0.772. The standard InChI is InChI=1S/C16H18ClN3O4S2/c17-13-5-6-14(25-13)26(23,24)19-11-9-12(16(21)22)15(18-10-11)20-7-3-1-2-4-8-20/h5-6,9-10,19H,1-4,7-8H2,(H,21,22).